The molecule has 0 bridgehead atoms. The molecule has 1 aliphatic rings. The predicted molar refractivity (Wildman–Crippen MR) is 94.2 cm³/mol. The van der Waals surface area contributed by atoms with Crippen LogP contribution in [0, 0.1) is 0 Å². The molecule has 4 rings (SSSR count). The van der Waals surface area contributed by atoms with Gasteiger partial charge in [0, 0.05) is 11.8 Å². The van der Waals surface area contributed by atoms with Crippen LogP contribution in [-0.2, 0) is 7.05 Å². The van der Waals surface area contributed by atoms with E-state index in [1.165, 1.54) is 22.9 Å². The minimum atomic E-state index is 0.211. The summed E-state index contributed by atoms with van der Waals surface area (Å²) in [7, 11) is 2.09. The van der Waals surface area contributed by atoms with Crippen molar-refractivity contribution in [2.24, 2.45) is 7.05 Å². The molecular formula is C20H20N3+. The van der Waals surface area contributed by atoms with Crippen LogP contribution in [0.5, 0.6) is 0 Å². The molecule has 0 spiro atoms. The number of nitrogens with zero attached hydrogens (tertiary/aromatic N) is 3. The van der Waals surface area contributed by atoms with E-state index in [0.29, 0.717) is 0 Å². The molecule has 0 saturated carbocycles. The summed E-state index contributed by atoms with van der Waals surface area (Å²) in [5.74, 6) is 1.19. The van der Waals surface area contributed by atoms with E-state index in [0.717, 1.165) is 0 Å². The fourth-order valence-corrected chi connectivity index (χ4v) is 3.41. The Labute approximate surface area is 137 Å². The predicted octanol–water partition coefficient (Wildman–Crippen LogP) is 4.15. The van der Waals surface area contributed by atoms with Gasteiger partial charge in [0.05, 0.1) is 18.9 Å². The van der Waals surface area contributed by atoms with Crippen molar-refractivity contribution in [3.8, 4) is 0 Å². The number of hydrogen-bond acceptors (Lipinski definition) is 2. The number of fused-ring (bicyclic) bond motifs is 1. The highest BCUT2D eigenvalue weighted by Gasteiger charge is 2.41. The summed E-state index contributed by atoms with van der Waals surface area (Å²) >= 11 is 0. The van der Waals surface area contributed by atoms with Gasteiger partial charge >= 0.3 is 0 Å². The van der Waals surface area contributed by atoms with Crippen molar-refractivity contribution in [2.45, 2.75) is 13.1 Å². The molecule has 3 heteroatoms. The van der Waals surface area contributed by atoms with Crippen molar-refractivity contribution >= 4 is 22.9 Å². The Morgan fingerprint density at radius 1 is 0.739 bits per heavy atom. The van der Waals surface area contributed by atoms with Crippen LogP contribution in [0.4, 0.5) is 22.9 Å². The molecule has 2 heterocycles. The van der Waals surface area contributed by atoms with E-state index in [2.05, 4.69) is 107 Å². The van der Waals surface area contributed by atoms with Gasteiger partial charge in [-0.1, -0.05) is 36.4 Å². The molecule has 114 valence electrons. The van der Waals surface area contributed by atoms with Crippen LogP contribution < -0.4 is 14.4 Å². The summed E-state index contributed by atoms with van der Waals surface area (Å²) in [6.45, 7) is 2.25. The van der Waals surface area contributed by atoms with Crippen molar-refractivity contribution in [3.05, 3.63) is 79.0 Å². The third-order valence-corrected chi connectivity index (χ3v) is 4.46. The van der Waals surface area contributed by atoms with Gasteiger partial charge in [0.1, 0.15) is 0 Å². The van der Waals surface area contributed by atoms with Gasteiger partial charge < -0.3 is 0 Å². The number of anilines is 4. The second kappa shape index (κ2) is 5.43. The molecule has 2 aromatic carbocycles. The maximum Gasteiger partial charge on any atom is 0.283 e. The zero-order chi connectivity index (χ0) is 15.8. The summed E-state index contributed by atoms with van der Waals surface area (Å²) in [6, 6.07) is 25.5. The number of aryl methyl sites for hydroxylation is 1. The highest BCUT2D eigenvalue weighted by Crippen LogP contribution is 2.46. The van der Waals surface area contributed by atoms with Gasteiger partial charge in [-0.2, -0.15) is 0 Å². The Morgan fingerprint density at radius 2 is 1.35 bits per heavy atom. The van der Waals surface area contributed by atoms with E-state index in [1.54, 1.807) is 0 Å². The van der Waals surface area contributed by atoms with Crippen LogP contribution in [0.2, 0.25) is 0 Å². The van der Waals surface area contributed by atoms with Gasteiger partial charge in [-0.25, -0.2) is 9.47 Å². The van der Waals surface area contributed by atoms with Crippen molar-refractivity contribution in [3.63, 3.8) is 0 Å². The van der Waals surface area contributed by atoms with E-state index in [4.69, 9.17) is 0 Å². The Kier molecular flexibility index (Phi) is 3.27. The van der Waals surface area contributed by atoms with E-state index >= 15 is 0 Å². The minimum Gasteiger partial charge on any atom is -0.298 e. The molecule has 23 heavy (non-hydrogen) atoms. The molecule has 0 fully saturated rings. The molecule has 0 saturated heterocycles. The van der Waals surface area contributed by atoms with Crippen LogP contribution in [0.15, 0.2) is 79.0 Å². The van der Waals surface area contributed by atoms with Crippen molar-refractivity contribution < 1.29 is 4.57 Å². The summed E-state index contributed by atoms with van der Waals surface area (Å²) in [5.41, 5.74) is 3.70. The minimum absolute atomic E-state index is 0.211. The summed E-state index contributed by atoms with van der Waals surface area (Å²) in [6.07, 6.45) is 2.30. The van der Waals surface area contributed by atoms with Gasteiger partial charge in [0.15, 0.2) is 11.9 Å². The van der Waals surface area contributed by atoms with Crippen LogP contribution >= 0.6 is 0 Å². The second-order valence-electron chi connectivity index (χ2n) is 5.87. The Balaban J connectivity index is 1.89. The molecule has 0 N–H and O–H groups in total. The van der Waals surface area contributed by atoms with E-state index in [-0.39, 0.29) is 6.17 Å². The molecule has 1 aromatic heterocycles. The number of benzene rings is 2. The molecule has 1 atom stereocenters. The lowest BCUT2D eigenvalue weighted by Gasteiger charge is -2.25. The molecular weight excluding hydrogens is 282 g/mol. The third-order valence-electron chi connectivity index (χ3n) is 4.46. The monoisotopic (exact) mass is 302 g/mol. The fraction of sp³-hybridized carbons (Fsp3) is 0.150. The van der Waals surface area contributed by atoms with Gasteiger partial charge in [0.25, 0.3) is 5.82 Å². The lowest BCUT2D eigenvalue weighted by Crippen LogP contribution is -2.42. The first kappa shape index (κ1) is 13.8. The summed E-state index contributed by atoms with van der Waals surface area (Å²) in [4.78, 5) is 4.78. The number of aromatic nitrogens is 1. The Hall–Kier alpha value is -2.81. The molecule has 0 radical (unpaired) electrons. The first-order valence-electron chi connectivity index (χ1n) is 7.94. The number of rotatable bonds is 2. The zero-order valence-electron chi connectivity index (χ0n) is 13.4. The normalized spacial score (nSPS) is 16.5. The standard InChI is InChI=1S/C20H20N3/c1-16-22(17-10-4-3-5-11-17)18-12-6-7-13-19(18)23(16)20-14-8-9-15-21(20)2/h3-16H,1-2H3/q+1. The number of pyridine rings is 1. The Bertz CT molecular complexity index is 829. The van der Waals surface area contributed by atoms with Crippen LogP contribution in [0.25, 0.3) is 0 Å². The van der Waals surface area contributed by atoms with Crippen molar-refractivity contribution in [1.29, 1.82) is 0 Å². The van der Waals surface area contributed by atoms with Crippen LogP contribution in [-0.4, -0.2) is 6.17 Å². The van der Waals surface area contributed by atoms with Crippen LogP contribution in [0.3, 0.4) is 0 Å². The van der Waals surface area contributed by atoms with Gasteiger partial charge in [0.2, 0.25) is 0 Å². The number of para-hydroxylation sites is 3. The van der Waals surface area contributed by atoms with E-state index in [9.17, 15) is 0 Å². The summed E-state index contributed by atoms with van der Waals surface area (Å²) < 4.78 is 2.17. The largest absolute Gasteiger partial charge is 0.298 e. The zero-order valence-corrected chi connectivity index (χ0v) is 13.4. The smallest absolute Gasteiger partial charge is 0.283 e. The molecule has 0 amide bonds. The lowest BCUT2D eigenvalue weighted by atomic mass is 10.2. The molecule has 3 nitrogen and oxygen atoms in total. The topological polar surface area (TPSA) is 10.4 Å². The molecule has 3 aromatic rings. The van der Waals surface area contributed by atoms with Crippen LogP contribution in [0.1, 0.15) is 6.92 Å². The molecule has 1 unspecified atom stereocenters. The van der Waals surface area contributed by atoms with Gasteiger partial charge in [-0.05, 0) is 37.3 Å². The third kappa shape index (κ3) is 2.16. The van der Waals surface area contributed by atoms with Crippen molar-refractivity contribution in [2.75, 3.05) is 9.80 Å². The maximum absolute atomic E-state index is 2.39. The van der Waals surface area contributed by atoms with E-state index < -0.39 is 0 Å². The fourth-order valence-electron chi connectivity index (χ4n) is 3.41. The maximum atomic E-state index is 2.39. The molecule has 0 aliphatic carbocycles. The lowest BCUT2D eigenvalue weighted by molar-refractivity contribution is -0.658. The quantitative estimate of drug-likeness (QED) is 0.658. The van der Waals surface area contributed by atoms with Gasteiger partial charge in [-0.15, -0.1) is 0 Å². The van der Waals surface area contributed by atoms with Crippen molar-refractivity contribution in [1.82, 2.24) is 0 Å². The first-order valence-corrected chi connectivity index (χ1v) is 7.94. The first-order chi connectivity index (χ1) is 11.3. The summed E-state index contributed by atoms with van der Waals surface area (Å²) in [5, 5.41) is 0. The van der Waals surface area contributed by atoms with Gasteiger partial charge in [-0.3, -0.25) is 4.90 Å². The average Bonchev–Trinajstić information content (AvgIpc) is 2.88. The highest BCUT2D eigenvalue weighted by atomic mass is 15.4. The second-order valence-corrected chi connectivity index (χ2v) is 5.87. The number of hydrogen-bond donors (Lipinski definition) is 0. The SMILES string of the molecule is CC1N(c2ccccc2)c2ccccc2N1c1cccc[n+]1C. The highest BCUT2D eigenvalue weighted by molar-refractivity contribution is 5.86. The average molecular weight is 302 g/mol. The Morgan fingerprint density at radius 3 is 2.04 bits per heavy atom. The molecule has 1 aliphatic heterocycles. The van der Waals surface area contributed by atoms with E-state index in [1.807, 2.05) is 0 Å².